The van der Waals surface area contributed by atoms with E-state index in [9.17, 15) is 0 Å². The van der Waals surface area contributed by atoms with Crippen molar-refractivity contribution in [2.24, 2.45) is 5.92 Å². The summed E-state index contributed by atoms with van der Waals surface area (Å²) in [4.78, 5) is 7.15. The Hall–Kier alpha value is -0.610. The van der Waals surface area contributed by atoms with Crippen LogP contribution in [0, 0.1) is 5.92 Å². The Morgan fingerprint density at radius 2 is 2.06 bits per heavy atom. The van der Waals surface area contributed by atoms with Crippen molar-refractivity contribution >= 4 is 16.5 Å². The second-order valence-corrected chi connectivity index (χ2v) is 6.43. The molecule has 3 nitrogen and oxygen atoms in total. The Morgan fingerprint density at radius 3 is 2.67 bits per heavy atom. The summed E-state index contributed by atoms with van der Waals surface area (Å²) in [5, 5.41) is 6.60. The van der Waals surface area contributed by atoms with Gasteiger partial charge in [0.1, 0.15) is 0 Å². The molecule has 0 spiro atoms. The van der Waals surface area contributed by atoms with Crippen molar-refractivity contribution in [1.29, 1.82) is 0 Å². The van der Waals surface area contributed by atoms with E-state index in [1.165, 1.54) is 30.8 Å². The summed E-state index contributed by atoms with van der Waals surface area (Å²) < 4.78 is 0. The maximum Gasteiger partial charge on any atom is 0.185 e. The van der Waals surface area contributed by atoms with Gasteiger partial charge in [-0.2, -0.15) is 0 Å². The standard InChI is InChI=1S/C14H25N3S/c1-10-5-7-12(8-6-10)17(4)14-16-13(9-18-14)11(2)15-3/h9-12,15H,5-8H2,1-4H3. The summed E-state index contributed by atoms with van der Waals surface area (Å²) in [5.41, 5.74) is 1.16. The van der Waals surface area contributed by atoms with Gasteiger partial charge in [-0.25, -0.2) is 4.98 Å². The minimum absolute atomic E-state index is 0.342. The van der Waals surface area contributed by atoms with Gasteiger partial charge in [-0.05, 0) is 45.6 Å². The molecule has 0 amide bonds. The predicted molar refractivity (Wildman–Crippen MR) is 79.4 cm³/mol. The number of aromatic nitrogens is 1. The molecule has 1 heterocycles. The normalized spacial score (nSPS) is 26.0. The lowest BCUT2D eigenvalue weighted by Crippen LogP contribution is -2.34. The quantitative estimate of drug-likeness (QED) is 0.906. The monoisotopic (exact) mass is 267 g/mol. The third-order valence-electron chi connectivity index (χ3n) is 4.22. The van der Waals surface area contributed by atoms with Crippen molar-refractivity contribution in [1.82, 2.24) is 10.3 Å². The van der Waals surface area contributed by atoms with Gasteiger partial charge in [-0.3, -0.25) is 0 Å². The molecule has 1 unspecified atom stereocenters. The van der Waals surface area contributed by atoms with Gasteiger partial charge in [0.2, 0.25) is 0 Å². The Morgan fingerprint density at radius 1 is 1.39 bits per heavy atom. The second kappa shape index (κ2) is 6.02. The first kappa shape index (κ1) is 13.8. The molecule has 1 aromatic rings. The highest BCUT2D eigenvalue weighted by atomic mass is 32.1. The molecule has 0 saturated heterocycles. The van der Waals surface area contributed by atoms with Crippen LogP contribution in [-0.2, 0) is 0 Å². The van der Waals surface area contributed by atoms with E-state index in [2.05, 4.69) is 36.5 Å². The maximum atomic E-state index is 4.76. The summed E-state index contributed by atoms with van der Waals surface area (Å²) in [6.07, 6.45) is 5.35. The summed E-state index contributed by atoms with van der Waals surface area (Å²) in [5.74, 6) is 0.908. The molecule has 1 N–H and O–H groups in total. The molecule has 0 bridgehead atoms. The van der Waals surface area contributed by atoms with Gasteiger partial charge < -0.3 is 10.2 Å². The van der Waals surface area contributed by atoms with Crippen LogP contribution in [0.2, 0.25) is 0 Å². The highest BCUT2D eigenvalue weighted by Gasteiger charge is 2.23. The largest absolute Gasteiger partial charge is 0.348 e. The van der Waals surface area contributed by atoms with Crippen molar-refractivity contribution in [3.05, 3.63) is 11.1 Å². The molecule has 0 aromatic carbocycles. The molecule has 1 saturated carbocycles. The summed E-state index contributed by atoms with van der Waals surface area (Å²) in [6.45, 7) is 4.52. The van der Waals surface area contributed by atoms with Crippen LogP contribution in [0.3, 0.4) is 0 Å². The minimum Gasteiger partial charge on any atom is -0.348 e. The number of rotatable bonds is 4. The smallest absolute Gasteiger partial charge is 0.185 e. The van der Waals surface area contributed by atoms with Gasteiger partial charge in [-0.1, -0.05) is 6.92 Å². The molecule has 1 atom stereocenters. The van der Waals surface area contributed by atoms with Crippen LogP contribution >= 0.6 is 11.3 Å². The molecular formula is C14H25N3S. The zero-order chi connectivity index (χ0) is 13.1. The SMILES string of the molecule is CNC(C)c1csc(N(C)C2CCC(C)CC2)n1. The summed E-state index contributed by atoms with van der Waals surface area (Å²) >= 11 is 1.77. The fourth-order valence-corrected chi connectivity index (χ4v) is 3.53. The lowest BCUT2D eigenvalue weighted by atomic mass is 9.87. The van der Waals surface area contributed by atoms with Gasteiger partial charge >= 0.3 is 0 Å². The van der Waals surface area contributed by atoms with E-state index in [-0.39, 0.29) is 0 Å². The van der Waals surface area contributed by atoms with Crippen molar-refractivity contribution in [3.63, 3.8) is 0 Å². The average molecular weight is 267 g/mol. The number of anilines is 1. The number of nitrogens with zero attached hydrogens (tertiary/aromatic N) is 2. The van der Waals surface area contributed by atoms with E-state index in [1.807, 2.05) is 7.05 Å². The van der Waals surface area contributed by atoms with Crippen LogP contribution in [0.15, 0.2) is 5.38 Å². The second-order valence-electron chi connectivity index (χ2n) is 5.59. The predicted octanol–water partition coefficient (Wildman–Crippen LogP) is 3.44. The topological polar surface area (TPSA) is 28.2 Å². The molecule has 0 radical (unpaired) electrons. The van der Waals surface area contributed by atoms with Crippen molar-refractivity contribution in [3.8, 4) is 0 Å². The van der Waals surface area contributed by atoms with Crippen LogP contribution in [0.5, 0.6) is 0 Å². The highest BCUT2D eigenvalue weighted by molar-refractivity contribution is 7.13. The van der Waals surface area contributed by atoms with E-state index < -0.39 is 0 Å². The average Bonchev–Trinajstić information content (AvgIpc) is 2.87. The molecule has 0 aliphatic heterocycles. The van der Waals surface area contributed by atoms with Gasteiger partial charge in [-0.15, -0.1) is 11.3 Å². The summed E-state index contributed by atoms with van der Waals surface area (Å²) in [7, 11) is 4.18. The number of thiazole rings is 1. The van der Waals surface area contributed by atoms with Gasteiger partial charge in [0, 0.05) is 24.5 Å². The van der Waals surface area contributed by atoms with E-state index in [4.69, 9.17) is 4.98 Å². The number of hydrogen-bond acceptors (Lipinski definition) is 4. The van der Waals surface area contributed by atoms with Crippen molar-refractivity contribution in [2.45, 2.75) is 51.6 Å². The minimum atomic E-state index is 0.342. The van der Waals surface area contributed by atoms with Crippen molar-refractivity contribution < 1.29 is 0 Å². The first-order chi connectivity index (χ1) is 8.61. The molecule has 2 rings (SSSR count). The van der Waals surface area contributed by atoms with E-state index in [1.54, 1.807) is 11.3 Å². The van der Waals surface area contributed by atoms with Crippen LogP contribution in [0.25, 0.3) is 0 Å². The lowest BCUT2D eigenvalue weighted by Gasteiger charge is -2.33. The van der Waals surface area contributed by atoms with Crippen LogP contribution < -0.4 is 10.2 Å². The fourth-order valence-electron chi connectivity index (χ4n) is 2.57. The lowest BCUT2D eigenvalue weighted by molar-refractivity contribution is 0.340. The Balaban J connectivity index is 2.00. The fraction of sp³-hybridized carbons (Fsp3) is 0.786. The van der Waals surface area contributed by atoms with E-state index >= 15 is 0 Å². The molecule has 18 heavy (non-hydrogen) atoms. The highest BCUT2D eigenvalue weighted by Crippen LogP contribution is 2.31. The zero-order valence-corrected chi connectivity index (χ0v) is 12.8. The Bertz CT molecular complexity index is 369. The zero-order valence-electron chi connectivity index (χ0n) is 11.9. The number of hydrogen-bond donors (Lipinski definition) is 1. The summed E-state index contributed by atoms with van der Waals surface area (Å²) in [6, 6.07) is 1.03. The van der Waals surface area contributed by atoms with E-state index in [0.29, 0.717) is 12.1 Å². The van der Waals surface area contributed by atoms with Gasteiger partial charge in [0.25, 0.3) is 0 Å². The van der Waals surface area contributed by atoms with Crippen molar-refractivity contribution in [2.75, 3.05) is 19.0 Å². The third-order valence-corrected chi connectivity index (χ3v) is 5.17. The molecule has 1 aliphatic carbocycles. The van der Waals surface area contributed by atoms with Crippen LogP contribution in [0.4, 0.5) is 5.13 Å². The number of nitrogens with one attached hydrogen (secondary N) is 1. The molecular weight excluding hydrogens is 242 g/mol. The molecule has 1 aromatic heterocycles. The first-order valence-electron chi connectivity index (χ1n) is 6.97. The molecule has 4 heteroatoms. The third kappa shape index (κ3) is 3.04. The maximum absolute atomic E-state index is 4.76. The molecule has 1 aliphatic rings. The first-order valence-corrected chi connectivity index (χ1v) is 7.85. The molecule has 1 fully saturated rings. The van der Waals surface area contributed by atoms with Gasteiger partial charge in [0.15, 0.2) is 5.13 Å². The Kier molecular flexibility index (Phi) is 4.62. The van der Waals surface area contributed by atoms with E-state index in [0.717, 1.165) is 11.6 Å². The molecule has 102 valence electrons. The van der Waals surface area contributed by atoms with Gasteiger partial charge in [0.05, 0.1) is 5.69 Å². The Labute approximate surface area is 115 Å². The van der Waals surface area contributed by atoms with Crippen LogP contribution in [-0.4, -0.2) is 25.1 Å². The van der Waals surface area contributed by atoms with Crippen LogP contribution in [0.1, 0.15) is 51.3 Å².